The maximum atomic E-state index is 2.19. The molecule has 0 aromatic rings. The van der Waals surface area contributed by atoms with Crippen LogP contribution in [0.15, 0.2) is 0 Å². The van der Waals surface area contributed by atoms with Crippen molar-refractivity contribution in [3.05, 3.63) is 0 Å². The molecule has 0 radical (unpaired) electrons. The molecule has 0 saturated heterocycles. The molecule has 0 atom stereocenters. The number of rotatable bonds is 0. The minimum atomic E-state index is 0.639. The second kappa shape index (κ2) is 9.43. The van der Waals surface area contributed by atoms with E-state index in [9.17, 15) is 0 Å². The monoisotopic (exact) mass is 219 g/mol. The van der Waals surface area contributed by atoms with Crippen molar-refractivity contribution < 1.29 is 0 Å². The lowest BCUT2D eigenvalue weighted by atomic mass is 11.9. The zero-order chi connectivity index (χ0) is 5.58. The molecule has 0 nitrogen and oxygen atoms in total. The van der Waals surface area contributed by atoms with E-state index in [1.807, 2.05) is 4.93 Å². The summed E-state index contributed by atoms with van der Waals surface area (Å²) in [5.74, 6) is 0. The second-order valence-electron chi connectivity index (χ2n) is 1.22. The summed E-state index contributed by atoms with van der Waals surface area (Å²) in [4.78, 5) is 1.97. The molecule has 0 aliphatic rings. The van der Waals surface area contributed by atoms with Crippen molar-refractivity contribution in [3.63, 3.8) is 0 Å². The van der Waals surface area contributed by atoms with Crippen molar-refractivity contribution in [2.45, 2.75) is 0 Å². The first-order valence-electron chi connectivity index (χ1n) is 1.60. The van der Waals surface area contributed by atoms with Crippen LogP contribution in [0.3, 0.4) is 0 Å². The third-order valence-corrected chi connectivity index (χ3v) is 0. The lowest BCUT2D eigenvalue weighted by Crippen LogP contribution is -1.84. The van der Waals surface area contributed by atoms with Crippen LogP contribution in [0.4, 0.5) is 0 Å². The van der Waals surface area contributed by atoms with Gasteiger partial charge < -0.3 is 0 Å². The molecule has 0 rings (SSSR count). The maximum Gasteiger partial charge on any atom is 0.0969 e. The molecular weight excluding hydrogens is 207 g/mol. The summed E-state index contributed by atoms with van der Waals surface area (Å²) < 4.78 is 0. The summed E-state index contributed by atoms with van der Waals surface area (Å²) in [5, 5.41) is 0. The van der Waals surface area contributed by atoms with Gasteiger partial charge in [0.15, 0.2) is 0 Å². The zero-order valence-corrected chi connectivity index (χ0v) is 7.76. The van der Waals surface area contributed by atoms with Gasteiger partial charge in [-0.25, -0.2) is 0 Å². The predicted molar refractivity (Wildman–Crippen MR) is 45.1 cm³/mol. The Balaban J connectivity index is 0. The van der Waals surface area contributed by atoms with E-state index >= 15 is 0 Å². The SMILES string of the molecule is CI.C[S+](C)C. The molecule has 0 aliphatic carbocycles. The number of hydrogen-bond donors (Lipinski definition) is 0. The molecule has 6 heavy (non-hydrogen) atoms. The quantitative estimate of drug-likeness (QED) is 0.329. The largest absolute Gasteiger partial charge is 0.0969 e. The number of halogens is 1. The molecule has 0 saturated carbocycles. The van der Waals surface area contributed by atoms with E-state index in [2.05, 4.69) is 41.4 Å². The van der Waals surface area contributed by atoms with E-state index in [0.29, 0.717) is 10.9 Å². The Hall–Kier alpha value is 1.08. The highest BCUT2D eigenvalue weighted by Gasteiger charge is 1.77. The Morgan fingerprint density at radius 3 is 1.00 bits per heavy atom. The van der Waals surface area contributed by atoms with Crippen LogP contribution in [0.25, 0.3) is 0 Å². The molecule has 40 valence electrons. The standard InChI is InChI=1S/C3H9S.CH3I/c1-4(2)3;1-2/h1-3H3;1H3/q+1;. The highest BCUT2D eigenvalue weighted by molar-refractivity contribution is 14.1. The van der Waals surface area contributed by atoms with E-state index in [1.165, 1.54) is 0 Å². The summed E-state index contributed by atoms with van der Waals surface area (Å²) >= 11 is 2.15. The van der Waals surface area contributed by atoms with Gasteiger partial charge in [0.1, 0.15) is 0 Å². The highest BCUT2D eigenvalue weighted by atomic mass is 127. The molecule has 0 aromatic carbocycles. The lowest BCUT2D eigenvalue weighted by Gasteiger charge is -1.69. The van der Waals surface area contributed by atoms with E-state index < -0.39 is 0 Å². The van der Waals surface area contributed by atoms with Crippen LogP contribution < -0.4 is 0 Å². The highest BCUT2D eigenvalue weighted by Crippen LogP contribution is 1.63. The van der Waals surface area contributed by atoms with E-state index in [0.717, 1.165) is 0 Å². The predicted octanol–water partition coefficient (Wildman–Crippen LogP) is 1.55. The van der Waals surface area contributed by atoms with Gasteiger partial charge in [0, 0.05) is 0 Å². The van der Waals surface area contributed by atoms with Gasteiger partial charge in [-0.2, -0.15) is 0 Å². The molecule has 0 N–H and O–H groups in total. The van der Waals surface area contributed by atoms with Crippen molar-refractivity contribution in [2.75, 3.05) is 23.7 Å². The Morgan fingerprint density at radius 2 is 1.00 bits per heavy atom. The van der Waals surface area contributed by atoms with Crippen molar-refractivity contribution in [2.24, 2.45) is 0 Å². The molecule has 0 unspecified atom stereocenters. The summed E-state index contributed by atoms with van der Waals surface area (Å²) in [6, 6.07) is 0. The average molecular weight is 219 g/mol. The van der Waals surface area contributed by atoms with Gasteiger partial charge in [0.25, 0.3) is 0 Å². The molecule has 2 heteroatoms. The summed E-state index contributed by atoms with van der Waals surface area (Å²) in [5.41, 5.74) is 0. The van der Waals surface area contributed by atoms with Gasteiger partial charge >= 0.3 is 0 Å². The lowest BCUT2D eigenvalue weighted by molar-refractivity contribution is 2.18. The van der Waals surface area contributed by atoms with E-state index in [-0.39, 0.29) is 0 Å². The fraction of sp³-hybridized carbons (Fsp3) is 1.00. The Kier molecular flexibility index (Phi) is 15.9. The first-order chi connectivity index (χ1) is 2.73. The van der Waals surface area contributed by atoms with Crippen molar-refractivity contribution in [3.8, 4) is 0 Å². The van der Waals surface area contributed by atoms with Gasteiger partial charge in [-0.1, -0.05) is 22.6 Å². The van der Waals surface area contributed by atoms with Gasteiger partial charge in [-0.05, 0) is 15.8 Å². The fourth-order valence-electron chi connectivity index (χ4n) is 0. The van der Waals surface area contributed by atoms with Crippen LogP contribution in [0, 0.1) is 0 Å². The Morgan fingerprint density at radius 1 is 1.00 bits per heavy atom. The molecule has 0 bridgehead atoms. The van der Waals surface area contributed by atoms with Crippen molar-refractivity contribution in [1.82, 2.24) is 0 Å². The summed E-state index contributed by atoms with van der Waals surface area (Å²) in [7, 11) is 0.639. The van der Waals surface area contributed by atoms with Crippen LogP contribution in [0.1, 0.15) is 0 Å². The van der Waals surface area contributed by atoms with Gasteiger partial charge in [0.05, 0.1) is 18.8 Å². The van der Waals surface area contributed by atoms with Gasteiger partial charge in [0.2, 0.25) is 0 Å². The van der Waals surface area contributed by atoms with Gasteiger partial charge in [-0.15, -0.1) is 0 Å². The fourth-order valence-corrected chi connectivity index (χ4v) is 0. The molecule has 0 aliphatic heterocycles. The van der Waals surface area contributed by atoms with Crippen molar-refractivity contribution >= 4 is 33.5 Å². The normalized spacial score (nSPS) is 7.00. The Labute approximate surface area is 57.2 Å². The van der Waals surface area contributed by atoms with E-state index in [4.69, 9.17) is 0 Å². The van der Waals surface area contributed by atoms with Crippen LogP contribution >= 0.6 is 22.6 Å². The maximum absolute atomic E-state index is 2.19. The van der Waals surface area contributed by atoms with Crippen LogP contribution in [-0.2, 0) is 10.9 Å². The summed E-state index contributed by atoms with van der Waals surface area (Å²) in [6.45, 7) is 0. The molecule has 0 amide bonds. The molecule has 0 fully saturated rings. The number of alkyl halides is 1. The minimum absolute atomic E-state index is 0.639. The molecule has 0 spiro atoms. The third-order valence-electron chi connectivity index (χ3n) is 0. The number of hydrogen-bond acceptors (Lipinski definition) is 0. The van der Waals surface area contributed by atoms with Crippen LogP contribution in [0.2, 0.25) is 0 Å². The van der Waals surface area contributed by atoms with Crippen LogP contribution in [-0.4, -0.2) is 23.7 Å². The van der Waals surface area contributed by atoms with Crippen LogP contribution in [0.5, 0.6) is 0 Å². The smallest absolute Gasteiger partial charge is 0.0901 e. The van der Waals surface area contributed by atoms with E-state index in [1.54, 1.807) is 0 Å². The third kappa shape index (κ3) is 72.5. The van der Waals surface area contributed by atoms with Gasteiger partial charge in [-0.3, -0.25) is 0 Å². The minimum Gasteiger partial charge on any atom is -0.0901 e. The first kappa shape index (κ1) is 10.1. The first-order valence-corrected chi connectivity index (χ1v) is 6.21. The molecular formula is C4H12IS+. The zero-order valence-electron chi connectivity index (χ0n) is 4.79. The molecule has 0 heterocycles. The topological polar surface area (TPSA) is 0 Å². The second-order valence-corrected chi connectivity index (χ2v) is 3.67. The Bertz CT molecular complexity index is 12.3. The average Bonchev–Trinajstić information content (AvgIpc) is 1.41. The molecule has 0 aromatic heterocycles. The summed E-state index contributed by atoms with van der Waals surface area (Å²) in [6.07, 6.45) is 6.58. The van der Waals surface area contributed by atoms with Crippen molar-refractivity contribution in [1.29, 1.82) is 0 Å².